The van der Waals surface area contributed by atoms with Gasteiger partial charge >= 0.3 is 0 Å². The molecule has 0 unspecified atom stereocenters. The predicted octanol–water partition coefficient (Wildman–Crippen LogP) is 3.79. The second kappa shape index (κ2) is 5.86. The van der Waals surface area contributed by atoms with Crippen LogP contribution in [0.2, 0.25) is 0 Å². The highest BCUT2D eigenvalue weighted by atomic mass is 14.9. The van der Waals surface area contributed by atoms with Crippen molar-refractivity contribution in [3.05, 3.63) is 41.5 Å². The second-order valence-electron chi connectivity index (χ2n) is 5.22. The average Bonchev–Trinajstić information content (AvgIpc) is 2.18. The van der Waals surface area contributed by atoms with Gasteiger partial charge in [0.25, 0.3) is 0 Å². The van der Waals surface area contributed by atoms with Gasteiger partial charge in [0.05, 0.1) is 0 Å². The van der Waals surface area contributed by atoms with E-state index in [2.05, 4.69) is 69.4 Å². The average molecular weight is 217 g/mol. The fourth-order valence-electron chi connectivity index (χ4n) is 1.51. The van der Waals surface area contributed by atoms with Crippen LogP contribution in [0, 0.1) is 6.92 Å². The first-order chi connectivity index (χ1) is 7.49. The molecule has 16 heavy (non-hydrogen) atoms. The standard InChI is InChI=1S/C15H23N/c1-13-9-5-6-10-14(13)11-7-8-12-16-15(2,3)4/h5-7,9-11,16H,8,12H2,1-4H3. The maximum Gasteiger partial charge on any atom is 0.00966 e. The van der Waals surface area contributed by atoms with E-state index in [1.54, 1.807) is 0 Å². The molecule has 0 amide bonds. The van der Waals surface area contributed by atoms with E-state index in [0.717, 1.165) is 13.0 Å². The molecule has 1 rings (SSSR count). The Morgan fingerprint density at radius 3 is 2.50 bits per heavy atom. The van der Waals surface area contributed by atoms with E-state index in [-0.39, 0.29) is 5.54 Å². The molecule has 0 saturated carbocycles. The summed E-state index contributed by atoms with van der Waals surface area (Å²) >= 11 is 0. The van der Waals surface area contributed by atoms with Crippen LogP contribution in [0.4, 0.5) is 0 Å². The molecule has 1 aromatic carbocycles. The lowest BCUT2D eigenvalue weighted by atomic mass is 10.1. The Labute approximate surface area is 99.6 Å². The van der Waals surface area contributed by atoms with Gasteiger partial charge in [0.1, 0.15) is 0 Å². The van der Waals surface area contributed by atoms with Crippen LogP contribution in [0.3, 0.4) is 0 Å². The molecule has 0 saturated heterocycles. The number of hydrogen-bond acceptors (Lipinski definition) is 1. The number of nitrogens with one attached hydrogen (secondary N) is 1. The topological polar surface area (TPSA) is 12.0 Å². The molecule has 0 heterocycles. The van der Waals surface area contributed by atoms with Crippen molar-refractivity contribution in [3.8, 4) is 0 Å². The molecule has 0 aliphatic carbocycles. The monoisotopic (exact) mass is 217 g/mol. The van der Waals surface area contributed by atoms with Crippen LogP contribution in [0.25, 0.3) is 6.08 Å². The third kappa shape index (κ3) is 5.13. The fraction of sp³-hybridized carbons (Fsp3) is 0.467. The van der Waals surface area contributed by atoms with Gasteiger partial charge in [0, 0.05) is 5.54 Å². The molecule has 1 aromatic rings. The highest BCUT2D eigenvalue weighted by Gasteiger charge is 2.06. The zero-order valence-corrected chi connectivity index (χ0v) is 10.9. The molecule has 0 fully saturated rings. The zero-order chi connectivity index (χ0) is 12.0. The Hall–Kier alpha value is -1.08. The number of aryl methyl sites for hydroxylation is 1. The van der Waals surface area contributed by atoms with Crippen molar-refractivity contribution < 1.29 is 0 Å². The Balaban J connectivity index is 2.36. The molecule has 0 aliphatic rings. The summed E-state index contributed by atoms with van der Waals surface area (Å²) in [4.78, 5) is 0. The van der Waals surface area contributed by atoms with Gasteiger partial charge < -0.3 is 5.32 Å². The van der Waals surface area contributed by atoms with Crippen molar-refractivity contribution >= 4 is 6.08 Å². The molecular weight excluding hydrogens is 194 g/mol. The van der Waals surface area contributed by atoms with Crippen molar-refractivity contribution in [1.82, 2.24) is 5.32 Å². The second-order valence-corrected chi connectivity index (χ2v) is 5.22. The molecule has 0 spiro atoms. The number of hydrogen-bond donors (Lipinski definition) is 1. The molecule has 1 heteroatoms. The summed E-state index contributed by atoms with van der Waals surface area (Å²) in [6, 6.07) is 8.46. The van der Waals surface area contributed by atoms with E-state index < -0.39 is 0 Å². The summed E-state index contributed by atoms with van der Waals surface area (Å²) in [5.74, 6) is 0. The third-order valence-corrected chi connectivity index (χ3v) is 2.45. The van der Waals surface area contributed by atoms with E-state index in [4.69, 9.17) is 0 Å². The lowest BCUT2D eigenvalue weighted by Gasteiger charge is -2.19. The molecule has 0 aromatic heterocycles. The van der Waals surface area contributed by atoms with Crippen LogP contribution in [-0.4, -0.2) is 12.1 Å². The Morgan fingerprint density at radius 2 is 1.88 bits per heavy atom. The van der Waals surface area contributed by atoms with Gasteiger partial charge in [-0.25, -0.2) is 0 Å². The van der Waals surface area contributed by atoms with Gasteiger partial charge in [-0.2, -0.15) is 0 Å². The first kappa shape index (κ1) is 13.0. The molecule has 0 aliphatic heterocycles. The van der Waals surface area contributed by atoms with Gasteiger partial charge in [-0.15, -0.1) is 0 Å². The Kier molecular flexibility index (Phi) is 4.75. The van der Waals surface area contributed by atoms with Crippen molar-refractivity contribution in [2.24, 2.45) is 0 Å². The minimum atomic E-state index is 0.219. The molecular formula is C15H23N. The largest absolute Gasteiger partial charge is 0.312 e. The first-order valence-electron chi connectivity index (χ1n) is 5.96. The molecule has 1 N–H and O–H groups in total. The SMILES string of the molecule is Cc1ccccc1C=CCCNC(C)(C)C. The van der Waals surface area contributed by atoms with E-state index in [0.29, 0.717) is 0 Å². The first-order valence-corrected chi connectivity index (χ1v) is 5.96. The fourth-order valence-corrected chi connectivity index (χ4v) is 1.51. The highest BCUT2D eigenvalue weighted by molar-refractivity contribution is 5.53. The summed E-state index contributed by atoms with van der Waals surface area (Å²) < 4.78 is 0. The molecule has 1 nitrogen and oxygen atoms in total. The number of benzene rings is 1. The van der Waals surface area contributed by atoms with Crippen molar-refractivity contribution in [3.63, 3.8) is 0 Å². The maximum atomic E-state index is 3.47. The van der Waals surface area contributed by atoms with Gasteiger partial charge in [-0.1, -0.05) is 36.4 Å². The highest BCUT2D eigenvalue weighted by Crippen LogP contribution is 2.09. The Morgan fingerprint density at radius 1 is 1.19 bits per heavy atom. The predicted molar refractivity (Wildman–Crippen MR) is 72.6 cm³/mol. The van der Waals surface area contributed by atoms with E-state index in [9.17, 15) is 0 Å². The summed E-state index contributed by atoms with van der Waals surface area (Å²) in [6.07, 6.45) is 5.52. The summed E-state index contributed by atoms with van der Waals surface area (Å²) in [5, 5.41) is 3.47. The minimum Gasteiger partial charge on any atom is -0.312 e. The quantitative estimate of drug-likeness (QED) is 0.757. The number of rotatable bonds is 4. The van der Waals surface area contributed by atoms with Crippen LogP contribution < -0.4 is 5.32 Å². The normalized spacial score (nSPS) is 12.2. The summed E-state index contributed by atoms with van der Waals surface area (Å²) in [6.45, 7) is 9.76. The third-order valence-electron chi connectivity index (χ3n) is 2.45. The lowest BCUT2D eigenvalue weighted by Crippen LogP contribution is -2.36. The smallest absolute Gasteiger partial charge is 0.00966 e. The van der Waals surface area contributed by atoms with Crippen molar-refractivity contribution in [1.29, 1.82) is 0 Å². The van der Waals surface area contributed by atoms with E-state index in [1.165, 1.54) is 11.1 Å². The Bertz CT molecular complexity index is 345. The zero-order valence-electron chi connectivity index (χ0n) is 10.9. The summed E-state index contributed by atoms with van der Waals surface area (Å²) in [5.41, 5.74) is 2.87. The lowest BCUT2D eigenvalue weighted by molar-refractivity contribution is 0.431. The van der Waals surface area contributed by atoms with Crippen LogP contribution in [0.5, 0.6) is 0 Å². The molecule has 0 atom stereocenters. The molecule has 88 valence electrons. The van der Waals surface area contributed by atoms with Crippen LogP contribution in [0.1, 0.15) is 38.3 Å². The van der Waals surface area contributed by atoms with Gasteiger partial charge in [0.15, 0.2) is 0 Å². The van der Waals surface area contributed by atoms with Crippen LogP contribution >= 0.6 is 0 Å². The molecule has 0 radical (unpaired) electrons. The van der Waals surface area contributed by atoms with Gasteiger partial charge in [0.2, 0.25) is 0 Å². The van der Waals surface area contributed by atoms with Crippen molar-refractivity contribution in [2.75, 3.05) is 6.54 Å². The van der Waals surface area contributed by atoms with Crippen LogP contribution in [0.15, 0.2) is 30.3 Å². The molecule has 0 bridgehead atoms. The minimum absolute atomic E-state index is 0.219. The van der Waals surface area contributed by atoms with Crippen molar-refractivity contribution in [2.45, 2.75) is 39.7 Å². The van der Waals surface area contributed by atoms with Crippen LogP contribution in [-0.2, 0) is 0 Å². The van der Waals surface area contributed by atoms with Gasteiger partial charge in [-0.05, 0) is 51.8 Å². The van der Waals surface area contributed by atoms with Gasteiger partial charge in [-0.3, -0.25) is 0 Å². The van der Waals surface area contributed by atoms with E-state index in [1.807, 2.05) is 0 Å². The summed E-state index contributed by atoms with van der Waals surface area (Å²) in [7, 11) is 0. The maximum absolute atomic E-state index is 3.47. The van der Waals surface area contributed by atoms with E-state index >= 15 is 0 Å².